The molecule has 2 aromatic carbocycles. The van der Waals surface area contributed by atoms with Crippen LogP contribution in [0.3, 0.4) is 0 Å². The van der Waals surface area contributed by atoms with Crippen molar-refractivity contribution in [2.45, 2.75) is 73.1 Å². The molecule has 1 unspecified atom stereocenters. The van der Waals surface area contributed by atoms with Gasteiger partial charge in [0.1, 0.15) is 35.0 Å². The number of nitriles is 1. The zero-order valence-corrected chi connectivity index (χ0v) is 29.8. The highest BCUT2D eigenvalue weighted by atomic mass is 16.5. The SMILES string of the molecule is COc1cc(-c2cn(C)c(=O)c(C)c2C)cc(OC)c1CN1CC[C@@H](Oc2cccc3c2CCN(C(=O)C(C#N)=CC(C)(C)C)C3C)C1. The van der Waals surface area contributed by atoms with Crippen molar-refractivity contribution in [2.75, 3.05) is 33.9 Å². The molecule has 0 spiro atoms. The molecule has 2 atom stereocenters. The van der Waals surface area contributed by atoms with Crippen LogP contribution in [0.1, 0.15) is 68.0 Å². The third-order valence-corrected chi connectivity index (χ3v) is 9.63. The number of nitrogens with zero attached hydrogens (tertiary/aromatic N) is 4. The minimum Gasteiger partial charge on any atom is -0.496 e. The van der Waals surface area contributed by atoms with Gasteiger partial charge in [-0.3, -0.25) is 14.5 Å². The van der Waals surface area contributed by atoms with Crippen molar-refractivity contribution in [3.8, 4) is 34.4 Å². The fourth-order valence-corrected chi connectivity index (χ4v) is 6.96. The van der Waals surface area contributed by atoms with E-state index in [4.69, 9.17) is 14.2 Å². The van der Waals surface area contributed by atoms with Gasteiger partial charge < -0.3 is 23.7 Å². The summed E-state index contributed by atoms with van der Waals surface area (Å²) in [5.74, 6) is 2.12. The van der Waals surface area contributed by atoms with Crippen LogP contribution < -0.4 is 19.8 Å². The molecule has 2 aliphatic heterocycles. The maximum absolute atomic E-state index is 13.4. The predicted molar refractivity (Wildman–Crippen MR) is 187 cm³/mol. The number of pyridine rings is 1. The lowest BCUT2D eigenvalue weighted by Crippen LogP contribution is -2.40. The second kappa shape index (κ2) is 13.9. The van der Waals surface area contributed by atoms with E-state index < -0.39 is 0 Å². The van der Waals surface area contributed by atoms with Gasteiger partial charge in [0.25, 0.3) is 11.5 Å². The van der Waals surface area contributed by atoms with E-state index in [0.717, 1.165) is 75.7 Å². The summed E-state index contributed by atoms with van der Waals surface area (Å²) in [6.45, 7) is 14.6. The number of likely N-dealkylation sites (tertiary alicyclic amines) is 1. The first-order valence-corrected chi connectivity index (χ1v) is 16.6. The van der Waals surface area contributed by atoms with Crippen molar-refractivity contribution < 1.29 is 19.0 Å². The second-order valence-corrected chi connectivity index (χ2v) is 14.1. The Hall–Kier alpha value is -4.55. The first kappa shape index (κ1) is 34.8. The van der Waals surface area contributed by atoms with Crippen molar-refractivity contribution in [2.24, 2.45) is 12.5 Å². The molecule has 0 saturated carbocycles. The third kappa shape index (κ3) is 7.00. The van der Waals surface area contributed by atoms with Gasteiger partial charge in [-0.25, -0.2) is 0 Å². The number of hydrogen-bond donors (Lipinski definition) is 0. The maximum Gasteiger partial charge on any atom is 0.264 e. The molecule has 48 heavy (non-hydrogen) atoms. The first-order chi connectivity index (χ1) is 22.8. The molecule has 2 aliphatic rings. The predicted octanol–water partition coefficient (Wildman–Crippen LogP) is 6.28. The molecule has 254 valence electrons. The molecule has 3 heterocycles. The van der Waals surface area contributed by atoms with Crippen molar-refractivity contribution in [3.05, 3.63) is 86.3 Å². The van der Waals surface area contributed by atoms with Crippen LogP contribution in [0.2, 0.25) is 0 Å². The fourth-order valence-electron chi connectivity index (χ4n) is 6.96. The fraction of sp³-hybridized carbons (Fsp3) is 0.462. The highest BCUT2D eigenvalue weighted by Crippen LogP contribution is 2.39. The number of aromatic nitrogens is 1. The standard InChI is InChI=1S/C39H48N4O5/c1-24-25(2)37(44)41(7)22-32(24)27-17-35(46-8)33(36(18-27)47-9)23-42-15-13-29(21-42)48-34-12-10-11-30-26(3)43(16-14-31(30)34)38(45)28(20-40)19-39(4,5)6/h10-12,17-19,22,26,29H,13-16,21,23H2,1-9H3/t26?,29-/m1/s1. The summed E-state index contributed by atoms with van der Waals surface area (Å²) >= 11 is 0. The molecule has 1 aromatic heterocycles. The summed E-state index contributed by atoms with van der Waals surface area (Å²) in [6.07, 6.45) is 5.19. The lowest BCUT2D eigenvalue weighted by Gasteiger charge is -2.36. The van der Waals surface area contributed by atoms with Crippen LogP contribution in [-0.2, 0) is 24.8 Å². The maximum atomic E-state index is 13.4. The number of ether oxygens (including phenoxy) is 3. The Morgan fingerprint density at radius 3 is 2.38 bits per heavy atom. The van der Waals surface area contributed by atoms with Gasteiger partial charge in [0.2, 0.25) is 0 Å². The van der Waals surface area contributed by atoms with Gasteiger partial charge in [-0.2, -0.15) is 5.26 Å². The monoisotopic (exact) mass is 652 g/mol. The van der Waals surface area contributed by atoms with Crippen molar-refractivity contribution in [1.29, 1.82) is 5.26 Å². The smallest absolute Gasteiger partial charge is 0.264 e. The quantitative estimate of drug-likeness (QED) is 0.209. The first-order valence-electron chi connectivity index (χ1n) is 16.6. The van der Waals surface area contributed by atoms with Crippen LogP contribution in [0.5, 0.6) is 17.2 Å². The Morgan fingerprint density at radius 1 is 1.06 bits per heavy atom. The lowest BCUT2D eigenvalue weighted by atomic mass is 9.90. The molecule has 3 aromatic rings. The molecule has 1 amide bonds. The Labute approximate surface area is 284 Å². The van der Waals surface area contributed by atoms with Crippen molar-refractivity contribution in [3.63, 3.8) is 0 Å². The van der Waals surface area contributed by atoms with E-state index in [2.05, 4.69) is 17.0 Å². The molecule has 0 N–H and O–H groups in total. The van der Waals surface area contributed by atoms with Crippen LogP contribution in [-0.4, -0.2) is 60.2 Å². The molecule has 9 nitrogen and oxygen atoms in total. The highest BCUT2D eigenvalue weighted by molar-refractivity contribution is 5.97. The van der Waals surface area contributed by atoms with E-state index in [9.17, 15) is 14.9 Å². The number of amides is 1. The largest absolute Gasteiger partial charge is 0.496 e. The Kier molecular flexibility index (Phi) is 10.1. The molecule has 1 saturated heterocycles. The molecular formula is C39H48N4O5. The van der Waals surface area contributed by atoms with Crippen molar-refractivity contribution >= 4 is 5.91 Å². The number of allylic oxidation sites excluding steroid dienone is 1. The Balaban J connectivity index is 1.31. The van der Waals surface area contributed by atoms with Crippen molar-refractivity contribution in [1.82, 2.24) is 14.4 Å². The Bertz CT molecular complexity index is 1820. The van der Waals surface area contributed by atoms with E-state index in [1.165, 1.54) is 0 Å². The molecular weight excluding hydrogens is 604 g/mol. The molecule has 0 radical (unpaired) electrons. The van der Waals surface area contributed by atoms with Gasteiger partial charge in [-0.1, -0.05) is 39.0 Å². The van der Waals surface area contributed by atoms with Gasteiger partial charge in [0.15, 0.2) is 0 Å². The molecule has 1 fully saturated rings. The number of rotatable bonds is 8. The topological polar surface area (TPSA) is 97.0 Å². The average Bonchev–Trinajstić information content (AvgIpc) is 3.50. The van der Waals surface area contributed by atoms with Crippen LogP contribution >= 0.6 is 0 Å². The summed E-state index contributed by atoms with van der Waals surface area (Å²) < 4.78 is 20.1. The van der Waals surface area contributed by atoms with E-state index in [1.807, 2.05) is 72.0 Å². The second-order valence-electron chi connectivity index (χ2n) is 14.1. The van der Waals surface area contributed by atoms with Crippen LogP contribution in [0.4, 0.5) is 0 Å². The average molecular weight is 653 g/mol. The number of methoxy groups -OCH3 is 2. The number of carbonyl (C=O) groups is 1. The van der Waals surface area contributed by atoms with Gasteiger partial charge in [0, 0.05) is 56.1 Å². The Morgan fingerprint density at radius 2 is 1.75 bits per heavy atom. The van der Waals surface area contributed by atoms with Crippen LogP contribution in [0.15, 0.2) is 53.0 Å². The minimum atomic E-state index is -0.268. The number of fused-ring (bicyclic) bond motifs is 1. The minimum absolute atomic E-state index is 0.00146. The molecule has 0 aliphatic carbocycles. The van der Waals surface area contributed by atoms with E-state index >= 15 is 0 Å². The van der Waals surface area contributed by atoms with Crippen LogP contribution in [0, 0.1) is 30.6 Å². The summed E-state index contributed by atoms with van der Waals surface area (Å²) in [4.78, 5) is 30.0. The number of aryl methyl sites for hydroxylation is 1. The van der Waals surface area contributed by atoms with Gasteiger partial charge in [-0.05, 0) is 73.9 Å². The van der Waals surface area contributed by atoms with Gasteiger partial charge in [0.05, 0.1) is 25.8 Å². The summed E-state index contributed by atoms with van der Waals surface area (Å²) in [6, 6.07) is 12.1. The third-order valence-electron chi connectivity index (χ3n) is 9.63. The summed E-state index contributed by atoms with van der Waals surface area (Å²) in [5.41, 5.74) is 6.65. The zero-order valence-electron chi connectivity index (χ0n) is 29.8. The summed E-state index contributed by atoms with van der Waals surface area (Å²) in [5, 5.41) is 9.73. The lowest BCUT2D eigenvalue weighted by molar-refractivity contribution is -0.129. The van der Waals surface area contributed by atoms with E-state index in [0.29, 0.717) is 19.5 Å². The number of carbonyl (C=O) groups excluding carboxylic acids is 1. The summed E-state index contributed by atoms with van der Waals surface area (Å²) in [7, 11) is 5.12. The molecule has 0 bridgehead atoms. The van der Waals surface area contributed by atoms with E-state index in [-0.39, 0.29) is 34.6 Å². The van der Waals surface area contributed by atoms with Crippen LogP contribution in [0.25, 0.3) is 11.1 Å². The van der Waals surface area contributed by atoms with Gasteiger partial charge >= 0.3 is 0 Å². The van der Waals surface area contributed by atoms with Gasteiger partial charge in [-0.15, -0.1) is 0 Å². The zero-order chi connectivity index (χ0) is 34.9. The van der Waals surface area contributed by atoms with E-state index in [1.54, 1.807) is 36.8 Å². The molecule has 5 rings (SSSR count). The molecule has 9 heteroatoms. The number of benzene rings is 2. The number of hydrogen-bond acceptors (Lipinski definition) is 7. The highest BCUT2D eigenvalue weighted by Gasteiger charge is 2.33. The normalized spacial score (nSPS) is 18.3.